The highest BCUT2D eigenvalue weighted by Crippen LogP contribution is 2.37. The molecule has 0 heteroatoms. The highest BCUT2D eigenvalue weighted by molar-refractivity contribution is 5.20. The third-order valence-corrected chi connectivity index (χ3v) is 3.38. The predicted octanol–water partition coefficient (Wildman–Crippen LogP) is 6.28. The minimum atomic E-state index is 0.404. The normalized spacial score (nSPS) is 13.6. The average molecular weight is 248 g/mol. The van der Waals surface area contributed by atoms with Crippen LogP contribution in [0.2, 0.25) is 0 Å². The summed E-state index contributed by atoms with van der Waals surface area (Å²) < 4.78 is 0. The second-order valence-corrected chi connectivity index (χ2v) is 7.47. The zero-order valence-electron chi connectivity index (χ0n) is 13.7. The minimum absolute atomic E-state index is 0.404. The first kappa shape index (κ1) is 17.2. The number of hydrogen-bond acceptors (Lipinski definition) is 0. The van der Waals surface area contributed by atoms with Crippen molar-refractivity contribution in [3.63, 3.8) is 0 Å². The van der Waals surface area contributed by atoms with Crippen LogP contribution in [0.1, 0.15) is 73.3 Å². The van der Waals surface area contributed by atoms with E-state index in [0.717, 1.165) is 0 Å². The van der Waals surface area contributed by atoms with Gasteiger partial charge < -0.3 is 0 Å². The van der Waals surface area contributed by atoms with E-state index in [4.69, 9.17) is 0 Å². The molecule has 0 radical (unpaired) electrons. The van der Waals surface area contributed by atoms with Crippen LogP contribution in [0.5, 0.6) is 0 Å². The first-order valence-electron chi connectivity index (χ1n) is 7.13. The van der Waals surface area contributed by atoms with Gasteiger partial charge in [-0.1, -0.05) is 92.1 Å². The van der Waals surface area contributed by atoms with Crippen molar-refractivity contribution in [3.8, 4) is 0 Å². The molecular formula is C18H32. The highest BCUT2D eigenvalue weighted by atomic mass is 14.3. The lowest BCUT2D eigenvalue weighted by atomic mass is 9.74. The van der Waals surface area contributed by atoms with Gasteiger partial charge in [0.05, 0.1) is 0 Å². The maximum absolute atomic E-state index is 2.34. The Morgan fingerprint density at radius 2 is 1.28 bits per heavy atom. The molecule has 0 nitrogen and oxygen atoms in total. The fourth-order valence-corrected chi connectivity index (χ4v) is 1.50. The van der Waals surface area contributed by atoms with Gasteiger partial charge in [-0.2, -0.15) is 0 Å². The van der Waals surface area contributed by atoms with Crippen molar-refractivity contribution < 1.29 is 0 Å². The van der Waals surface area contributed by atoms with E-state index in [-0.39, 0.29) is 0 Å². The van der Waals surface area contributed by atoms with E-state index in [0.29, 0.717) is 16.7 Å². The lowest BCUT2D eigenvalue weighted by Gasteiger charge is -2.31. The molecule has 0 saturated carbocycles. The van der Waals surface area contributed by atoms with Crippen LogP contribution >= 0.6 is 0 Å². The molecule has 18 heavy (non-hydrogen) atoms. The third-order valence-electron chi connectivity index (χ3n) is 3.38. The number of hydrogen-bond donors (Lipinski definition) is 0. The second-order valence-electron chi connectivity index (χ2n) is 7.47. The molecule has 0 aromatic heterocycles. The molecule has 0 bridgehead atoms. The molecule has 0 heterocycles. The van der Waals surface area contributed by atoms with Crippen LogP contribution in [0.15, 0.2) is 30.3 Å². The quantitative estimate of drug-likeness (QED) is 0.590. The summed E-state index contributed by atoms with van der Waals surface area (Å²) in [4.78, 5) is 0. The van der Waals surface area contributed by atoms with Gasteiger partial charge in [-0.3, -0.25) is 0 Å². The summed E-state index contributed by atoms with van der Waals surface area (Å²) in [6.07, 6.45) is 1.23. The van der Waals surface area contributed by atoms with Crippen LogP contribution in [0.4, 0.5) is 0 Å². The van der Waals surface area contributed by atoms with E-state index < -0.39 is 0 Å². The van der Waals surface area contributed by atoms with Gasteiger partial charge in [0.25, 0.3) is 0 Å². The molecule has 0 N–H and O–H groups in total. The Labute approximate surface area is 115 Å². The van der Waals surface area contributed by atoms with E-state index >= 15 is 0 Å². The van der Waals surface area contributed by atoms with E-state index in [1.807, 2.05) is 0 Å². The van der Waals surface area contributed by atoms with Crippen LogP contribution in [0.25, 0.3) is 0 Å². The topological polar surface area (TPSA) is 0 Å². The lowest BCUT2D eigenvalue weighted by Crippen LogP contribution is -2.18. The molecule has 0 amide bonds. The standard InChI is InChI=1S/C13H20.C5H12/c1-5-13(3,4)11(2)12-9-7-6-8-10-12;1-5(2,3)4/h6-11H,5H2,1-4H3;1-4H3. The molecule has 1 unspecified atom stereocenters. The summed E-state index contributed by atoms with van der Waals surface area (Å²) >= 11 is 0. The molecule has 1 aromatic carbocycles. The predicted molar refractivity (Wildman–Crippen MR) is 84.1 cm³/mol. The molecular weight excluding hydrogens is 216 g/mol. The second kappa shape index (κ2) is 6.97. The van der Waals surface area contributed by atoms with Crippen molar-refractivity contribution in [2.75, 3.05) is 0 Å². The summed E-state index contributed by atoms with van der Waals surface area (Å²) in [6.45, 7) is 18.0. The molecule has 104 valence electrons. The smallest absolute Gasteiger partial charge is 0.0139 e. The molecule has 1 atom stereocenters. The van der Waals surface area contributed by atoms with Crippen molar-refractivity contribution >= 4 is 0 Å². The molecule has 0 aliphatic carbocycles. The van der Waals surface area contributed by atoms with Crippen LogP contribution < -0.4 is 0 Å². The lowest BCUT2D eigenvalue weighted by molar-refractivity contribution is 0.289. The molecule has 0 spiro atoms. The fourth-order valence-electron chi connectivity index (χ4n) is 1.50. The molecule has 0 fully saturated rings. The Balaban J connectivity index is 0.000000494. The first-order chi connectivity index (χ1) is 8.08. The fraction of sp³-hybridized carbons (Fsp3) is 0.667. The van der Waals surface area contributed by atoms with Gasteiger partial charge in [-0.05, 0) is 22.3 Å². The maximum Gasteiger partial charge on any atom is -0.0139 e. The van der Waals surface area contributed by atoms with Gasteiger partial charge in [0, 0.05) is 0 Å². The zero-order valence-corrected chi connectivity index (χ0v) is 13.7. The first-order valence-corrected chi connectivity index (χ1v) is 7.13. The third kappa shape index (κ3) is 7.53. The molecule has 1 aromatic rings. The van der Waals surface area contributed by atoms with E-state index in [9.17, 15) is 0 Å². The van der Waals surface area contributed by atoms with E-state index in [1.165, 1.54) is 12.0 Å². The Morgan fingerprint density at radius 3 is 1.61 bits per heavy atom. The minimum Gasteiger partial charge on any atom is -0.0649 e. The van der Waals surface area contributed by atoms with Crippen molar-refractivity contribution in [2.24, 2.45) is 10.8 Å². The monoisotopic (exact) mass is 248 g/mol. The Kier molecular flexibility index (Phi) is 6.67. The van der Waals surface area contributed by atoms with Crippen LogP contribution in [0.3, 0.4) is 0 Å². The van der Waals surface area contributed by atoms with Gasteiger partial charge >= 0.3 is 0 Å². The van der Waals surface area contributed by atoms with Crippen molar-refractivity contribution in [1.82, 2.24) is 0 Å². The van der Waals surface area contributed by atoms with Crippen LogP contribution in [-0.4, -0.2) is 0 Å². The molecule has 0 saturated heterocycles. The summed E-state index contributed by atoms with van der Waals surface area (Å²) in [6, 6.07) is 10.8. The molecule has 1 rings (SSSR count). The number of rotatable bonds is 3. The van der Waals surface area contributed by atoms with Gasteiger partial charge in [-0.15, -0.1) is 0 Å². The molecule has 0 aliphatic heterocycles. The van der Waals surface area contributed by atoms with Gasteiger partial charge in [-0.25, -0.2) is 0 Å². The summed E-state index contributed by atoms with van der Waals surface area (Å²) in [5, 5.41) is 0. The van der Waals surface area contributed by atoms with Gasteiger partial charge in [0.1, 0.15) is 0 Å². The number of benzene rings is 1. The molecule has 0 aliphatic rings. The summed E-state index contributed by atoms with van der Waals surface area (Å²) in [5.41, 5.74) is 2.36. The van der Waals surface area contributed by atoms with E-state index in [2.05, 4.69) is 85.7 Å². The van der Waals surface area contributed by atoms with Gasteiger partial charge in [0.15, 0.2) is 0 Å². The Morgan fingerprint density at radius 1 is 0.889 bits per heavy atom. The average Bonchev–Trinajstić information content (AvgIpc) is 2.27. The maximum atomic E-state index is 2.34. The largest absolute Gasteiger partial charge is 0.0649 e. The Bertz CT molecular complexity index is 308. The highest BCUT2D eigenvalue weighted by Gasteiger charge is 2.24. The SMILES string of the molecule is CC(C)(C)C.CCC(C)(C)C(C)c1ccccc1. The van der Waals surface area contributed by atoms with Crippen molar-refractivity contribution in [3.05, 3.63) is 35.9 Å². The summed E-state index contributed by atoms with van der Waals surface area (Å²) in [7, 11) is 0. The van der Waals surface area contributed by atoms with E-state index in [1.54, 1.807) is 0 Å². The van der Waals surface area contributed by atoms with Crippen molar-refractivity contribution in [1.29, 1.82) is 0 Å². The van der Waals surface area contributed by atoms with Gasteiger partial charge in [0.2, 0.25) is 0 Å². The zero-order chi connectivity index (χ0) is 14.4. The van der Waals surface area contributed by atoms with Crippen LogP contribution in [-0.2, 0) is 0 Å². The van der Waals surface area contributed by atoms with Crippen LogP contribution in [0, 0.1) is 10.8 Å². The van der Waals surface area contributed by atoms with Crippen molar-refractivity contribution in [2.45, 2.75) is 67.7 Å². The summed E-state index contributed by atoms with van der Waals surface area (Å²) in [5.74, 6) is 0.638. The Hall–Kier alpha value is -0.780.